The predicted molar refractivity (Wildman–Crippen MR) is 69.5 cm³/mol. The van der Waals surface area contributed by atoms with Crippen molar-refractivity contribution in [1.82, 2.24) is 4.57 Å². The average Bonchev–Trinajstić information content (AvgIpc) is 2.55. The molecule has 0 unspecified atom stereocenters. The standard InChI is InChI=1S/C13H12BrNO2/c14-9-5-4-8-6-12(13(16)17)15(11(8)7-9)10-2-1-3-10/h4-7,10H,1-3H2,(H,16,17). The zero-order chi connectivity index (χ0) is 12.0. The maximum absolute atomic E-state index is 11.3. The molecule has 88 valence electrons. The van der Waals surface area contributed by atoms with E-state index in [1.807, 2.05) is 22.8 Å². The number of nitrogens with zero attached hydrogens (tertiary/aromatic N) is 1. The van der Waals surface area contributed by atoms with Gasteiger partial charge in [0.2, 0.25) is 0 Å². The lowest BCUT2D eigenvalue weighted by molar-refractivity contribution is 0.0679. The van der Waals surface area contributed by atoms with Crippen LogP contribution in [-0.4, -0.2) is 15.6 Å². The van der Waals surface area contributed by atoms with E-state index >= 15 is 0 Å². The fourth-order valence-corrected chi connectivity index (χ4v) is 2.75. The Balaban J connectivity index is 2.28. The molecule has 0 amide bonds. The van der Waals surface area contributed by atoms with Gasteiger partial charge in [-0.25, -0.2) is 4.79 Å². The molecule has 0 bridgehead atoms. The first kappa shape index (κ1) is 10.8. The highest BCUT2D eigenvalue weighted by atomic mass is 79.9. The van der Waals surface area contributed by atoms with Crippen LogP contribution in [0.4, 0.5) is 0 Å². The lowest BCUT2D eigenvalue weighted by atomic mass is 9.92. The summed E-state index contributed by atoms with van der Waals surface area (Å²) in [4.78, 5) is 11.3. The van der Waals surface area contributed by atoms with Crippen molar-refractivity contribution in [3.05, 3.63) is 34.4 Å². The number of rotatable bonds is 2. The highest BCUT2D eigenvalue weighted by Crippen LogP contribution is 2.37. The molecule has 1 aliphatic carbocycles. The second kappa shape index (κ2) is 3.88. The quantitative estimate of drug-likeness (QED) is 0.914. The largest absolute Gasteiger partial charge is 0.477 e. The van der Waals surface area contributed by atoms with Gasteiger partial charge < -0.3 is 9.67 Å². The van der Waals surface area contributed by atoms with Gasteiger partial charge in [0.25, 0.3) is 0 Å². The third-order valence-corrected chi connectivity index (χ3v) is 3.96. The van der Waals surface area contributed by atoms with Crippen molar-refractivity contribution in [2.75, 3.05) is 0 Å². The van der Waals surface area contributed by atoms with E-state index in [1.165, 1.54) is 6.42 Å². The number of hydrogen-bond donors (Lipinski definition) is 1. The monoisotopic (exact) mass is 293 g/mol. The molecule has 0 aliphatic heterocycles. The van der Waals surface area contributed by atoms with Gasteiger partial charge in [0, 0.05) is 15.9 Å². The van der Waals surface area contributed by atoms with Gasteiger partial charge in [0.1, 0.15) is 5.69 Å². The Labute approximate surface area is 107 Å². The molecule has 4 heteroatoms. The summed E-state index contributed by atoms with van der Waals surface area (Å²) in [5.74, 6) is -0.843. The second-order valence-electron chi connectivity index (χ2n) is 4.49. The maximum Gasteiger partial charge on any atom is 0.352 e. The number of hydrogen-bond acceptors (Lipinski definition) is 1. The molecule has 1 aromatic heterocycles. The summed E-state index contributed by atoms with van der Waals surface area (Å²) in [7, 11) is 0. The SMILES string of the molecule is O=C(O)c1cc2ccc(Br)cc2n1C1CCC1. The molecule has 0 spiro atoms. The number of carbonyl (C=O) groups is 1. The Hall–Kier alpha value is -1.29. The molecule has 1 heterocycles. The van der Waals surface area contributed by atoms with Crippen LogP contribution in [0, 0.1) is 0 Å². The van der Waals surface area contributed by atoms with E-state index in [0.29, 0.717) is 11.7 Å². The van der Waals surface area contributed by atoms with Gasteiger partial charge in [-0.15, -0.1) is 0 Å². The normalized spacial score (nSPS) is 16.1. The van der Waals surface area contributed by atoms with E-state index in [-0.39, 0.29) is 0 Å². The van der Waals surface area contributed by atoms with Crippen LogP contribution in [-0.2, 0) is 0 Å². The van der Waals surface area contributed by atoms with E-state index < -0.39 is 5.97 Å². The topological polar surface area (TPSA) is 42.2 Å². The highest BCUT2D eigenvalue weighted by Gasteiger charge is 2.25. The van der Waals surface area contributed by atoms with Crippen LogP contribution in [0.5, 0.6) is 0 Å². The Kier molecular flexibility index (Phi) is 2.47. The Morgan fingerprint density at radius 3 is 2.71 bits per heavy atom. The first-order valence-electron chi connectivity index (χ1n) is 5.70. The van der Waals surface area contributed by atoms with Crippen LogP contribution in [0.1, 0.15) is 35.8 Å². The van der Waals surface area contributed by atoms with Crippen molar-refractivity contribution < 1.29 is 9.90 Å². The van der Waals surface area contributed by atoms with Gasteiger partial charge in [-0.2, -0.15) is 0 Å². The molecule has 2 aromatic rings. The minimum Gasteiger partial charge on any atom is -0.477 e. The van der Waals surface area contributed by atoms with Crippen LogP contribution in [0.2, 0.25) is 0 Å². The van der Waals surface area contributed by atoms with E-state index in [1.54, 1.807) is 6.07 Å². The summed E-state index contributed by atoms with van der Waals surface area (Å²) in [6, 6.07) is 8.02. The molecule has 1 aliphatic rings. The summed E-state index contributed by atoms with van der Waals surface area (Å²) >= 11 is 3.44. The lowest BCUT2D eigenvalue weighted by Crippen LogP contribution is -2.20. The average molecular weight is 294 g/mol. The minimum atomic E-state index is -0.843. The summed E-state index contributed by atoms with van der Waals surface area (Å²) in [5, 5.41) is 10.3. The number of aromatic nitrogens is 1. The molecular formula is C13H12BrNO2. The van der Waals surface area contributed by atoms with Gasteiger partial charge in [-0.05, 0) is 37.5 Å². The zero-order valence-electron chi connectivity index (χ0n) is 9.19. The van der Waals surface area contributed by atoms with Crippen LogP contribution in [0.15, 0.2) is 28.7 Å². The summed E-state index contributed by atoms with van der Waals surface area (Å²) in [5.41, 5.74) is 1.42. The van der Waals surface area contributed by atoms with E-state index in [4.69, 9.17) is 0 Å². The summed E-state index contributed by atoms with van der Waals surface area (Å²) < 4.78 is 2.96. The van der Waals surface area contributed by atoms with Gasteiger partial charge in [-0.3, -0.25) is 0 Å². The van der Waals surface area contributed by atoms with Crippen molar-refractivity contribution in [1.29, 1.82) is 0 Å². The van der Waals surface area contributed by atoms with Crippen LogP contribution in [0.3, 0.4) is 0 Å². The molecule has 1 aromatic carbocycles. The Bertz CT molecular complexity index is 599. The van der Waals surface area contributed by atoms with E-state index in [2.05, 4.69) is 15.9 Å². The number of fused-ring (bicyclic) bond motifs is 1. The number of aromatic carboxylic acids is 1. The number of carboxylic acids is 1. The van der Waals surface area contributed by atoms with Crippen LogP contribution < -0.4 is 0 Å². The molecule has 1 fully saturated rings. The van der Waals surface area contributed by atoms with Gasteiger partial charge in [0.05, 0.1) is 5.52 Å². The van der Waals surface area contributed by atoms with Crippen molar-refractivity contribution in [3.8, 4) is 0 Å². The fourth-order valence-electron chi connectivity index (χ4n) is 2.40. The van der Waals surface area contributed by atoms with Crippen molar-refractivity contribution in [3.63, 3.8) is 0 Å². The van der Waals surface area contributed by atoms with Crippen LogP contribution in [0.25, 0.3) is 10.9 Å². The smallest absolute Gasteiger partial charge is 0.352 e. The predicted octanol–water partition coefficient (Wildman–Crippen LogP) is 3.83. The molecule has 1 saturated carbocycles. The van der Waals surface area contributed by atoms with E-state index in [0.717, 1.165) is 28.2 Å². The third kappa shape index (κ3) is 1.67. The molecule has 3 nitrogen and oxygen atoms in total. The maximum atomic E-state index is 11.3. The summed E-state index contributed by atoms with van der Waals surface area (Å²) in [6.07, 6.45) is 3.35. The fraction of sp³-hybridized carbons (Fsp3) is 0.308. The molecule has 17 heavy (non-hydrogen) atoms. The first-order valence-corrected chi connectivity index (χ1v) is 6.50. The van der Waals surface area contributed by atoms with Gasteiger partial charge in [0.15, 0.2) is 0 Å². The van der Waals surface area contributed by atoms with Crippen molar-refractivity contribution in [2.24, 2.45) is 0 Å². The van der Waals surface area contributed by atoms with Gasteiger partial charge >= 0.3 is 5.97 Å². The number of benzene rings is 1. The van der Waals surface area contributed by atoms with Crippen molar-refractivity contribution >= 4 is 32.8 Å². The number of carboxylic acid groups (broad SMARTS) is 1. The zero-order valence-corrected chi connectivity index (χ0v) is 10.8. The number of halogens is 1. The summed E-state index contributed by atoms with van der Waals surface area (Å²) in [6.45, 7) is 0. The molecule has 0 radical (unpaired) electrons. The Morgan fingerprint density at radius 2 is 2.12 bits per heavy atom. The Morgan fingerprint density at radius 1 is 1.35 bits per heavy atom. The molecular weight excluding hydrogens is 282 g/mol. The molecule has 3 rings (SSSR count). The second-order valence-corrected chi connectivity index (χ2v) is 5.41. The van der Waals surface area contributed by atoms with E-state index in [9.17, 15) is 9.90 Å². The van der Waals surface area contributed by atoms with Crippen LogP contribution >= 0.6 is 15.9 Å². The lowest BCUT2D eigenvalue weighted by Gasteiger charge is -2.29. The highest BCUT2D eigenvalue weighted by molar-refractivity contribution is 9.10. The van der Waals surface area contributed by atoms with Gasteiger partial charge in [-0.1, -0.05) is 22.0 Å². The molecule has 0 atom stereocenters. The third-order valence-electron chi connectivity index (χ3n) is 3.46. The molecule has 1 N–H and O–H groups in total. The first-order chi connectivity index (χ1) is 8.16. The minimum absolute atomic E-state index is 0.355. The molecule has 0 saturated heterocycles. The van der Waals surface area contributed by atoms with Crippen molar-refractivity contribution in [2.45, 2.75) is 25.3 Å².